The Morgan fingerprint density at radius 2 is 2.11 bits per heavy atom. The number of carbonyl (C=O) groups is 1. The summed E-state index contributed by atoms with van der Waals surface area (Å²) in [6, 6.07) is 8.38. The van der Waals surface area contributed by atoms with Gasteiger partial charge in [0.2, 0.25) is 11.8 Å². The molecular formula is C13H14N2O3S. The smallest absolute Gasteiger partial charge is 0.239 e. The summed E-state index contributed by atoms with van der Waals surface area (Å²) >= 11 is 1.40. The summed E-state index contributed by atoms with van der Waals surface area (Å²) in [6.07, 6.45) is 0. The second kappa shape index (κ2) is 5.79. The van der Waals surface area contributed by atoms with Crippen LogP contribution in [0.1, 0.15) is 12.6 Å². The lowest BCUT2D eigenvalue weighted by Crippen LogP contribution is -2.22. The van der Waals surface area contributed by atoms with Crippen molar-refractivity contribution in [3.05, 3.63) is 36.0 Å². The number of aromatic hydroxyl groups is 1. The third-order valence-corrected chi connectivity index (χ3v) is 3.51. The van der Waals surface area contributed by atoms with E-state index in [1.54, 1.807) is 44.2 Å². The molecule has 1 atom stereocenters. The number of amides is 1. The maximum Gasteiger partial charge on any atom is 0.239 e. The molecule has 0 unspecified atom stereocenters. The van der Waals surface area contributed by atoms with E-state index in [0.717, 1.165) is 4.90 Å². The van der Waals surface area contributed by atoms with Gasteiger partial charge >= 0.3 is 0 Å². The van der Waals surface area contributed by atoms with Gasteiger partial charge in [0.1, 0.15) is 5.75 Å². The van der Waals surface area contributed by atoms with E-state index in [-0.39, 0.29) is 16.9 Å². The number of benzene rings is 1. The van der Waals surface area contributed by atoms with E-state index in [0.29, 0.717) is 11.6 Å². The van der Waals surface area contributed by atoms with Crippen LogP contribution in [0.2, 0.25) is 0 Å². The van der Waals surface area contributed by atoms with Crippen molar-refractivity contribution in [1.29, 1.82) is 0 Å². The molecule has 5 nitrogen and oxygen atoms in total. The predicted octanol–water partition coefficient (Wildman–Crippen LogP) is 2.81. The van der Waals surface area contributed by atoms with Gasteiger partial charge in [0, 0.05) is 11.0 Å². The Morgan fingerprint density at radius 1 is 1.42 bits per heavy atom. The average molecular weight is 278 g/mol. The maximum absolute atomic E-state index is 11.9. The first-order chi connectivity index (χ1) is 9.04. The monoisotopic (exact) mass is 278 g/mol. The van der Waals surface area contributed by atoms with Gasteiger partial charge in [-0.3, -0.25) is 10.1 Å². The summed E-state index contributed by atoms with van der Waals surface area (Å²) in [6.45, 7) is 3.59. The largest absolute Gasteiger partial charge is 0.508 e. The zero-order valence-electron chi connectivity index (χ0n) is 10.6. The van der Waals surface area contributed by atoms with Crippen molar-refractivity contribution in [3.8, 4) is 5.75 Å². The quantitative estimate of drug-likeness (QED) is 0.841. The van der Waals surface area contributed by atoms with Crippen molar-refractivity contribution >= 4 is 23.6 Å². The number of hydrogen-bond acceptors (Lipinski definition) is 5. The van der Waals surface area contributed by atoms with Gasteiger partial charge in [-0.15, -0.1) is 11.8 Å². The zero-order valence-corrected chi connectivity index (χ0v) is 11.4. The van der Waals surface area contributed by atoms with Crippen molar-refractivity contribution in [2.24, 2.45) is 0 Å². The zero-order chi connectivity index (χ0) is 13.8. The lowest BCUT2D eigenvalue weighted by molar-refractivity contribution is -0.115. The number of rotatable bonds is 4. The predicted molar refractivity (Wildman–Crippen MR) is 73.3 cm³/mol. The van der Waals surface area contributed by atoms with E-state index in [1.165, 1.54) is 11.8 Å². The van der Waals surface area contributed by atoms with E-state index in [2.05, 4.69) is 10.5 Å². The van der Waals surface area contributed by atoms with Crippen molar-refractivity contribution < 1.29 is 14.4 Å². The van der Waals surface area contributed by atoms with Crippen LogP contribution in [-0.4, -0.2) is 21.4 Å². The Balaban J connectivity index is 1.94. The Bertz CT molecular complexity index is 566. The lowest BCUT2D eigenvalue weighted by Gasteiger charge is -2.10. The number of phenolic OH excluding ortho intramolecular Hbond substituents is 1. The summed E-state index contributed by atoms with van der Waals surface area (Å²) < 4.78 is 4.93. The van der Waals surface area contributed by atoms with Crippen LogP contribution >= 0.6 is 11.8 Å². The Morgan fingerprint density at radius 3 is 2.68 bits per heavy atom. The number of hydrogen-bond donors (Lipinski definition) is 2. The van der Waals surface area contributed by atoms with Gasteiger partial charge in [-0.05, 0) is 38.1 Å². The SMILES string of the molecule is Cc1cc(NC(=O)[C@H](C)Sc2ccc(O)cc2)on1. The fraction of sp³-hybridized carbons (Fsp3) is 0.231. The van der Waals surface area contributed by atoms with Gasteiger partial charge < -0.3 is 9.63 Å². The van der Waals surface area contributed by atoms with Crippen LogP contribution in [0.25, 0.3) is 0 Å². The molecule has 0 bridgehead atoms. The molecule has 1 amide bonds. The molecule has 2 rings (SSSR count). The Kier molecular flexibility index (Phi) is 4.11. The molecule has 0 spiro atoms. The number of thioether (sulfide) groups is 1. The molecule has 1 heterocycles. The molecule has 2 N–H and O–H groups in total. The highest BCUT2D eigenvalue weighted by Gasteiger charge is 2.16. The molecule has 1 aromatic heterocycles. The first-order valence-corrected chi connectivity index (χ1v) is 6.62. The highest BCUT2D eigenvalue weighted by molar-refractivity contribution is 8.00. The van der Waals surface area contributed by atoms with E-state index < -0.39 is 0 Å². The second-order valence-electron chi connectivity index (χ2n) is 4.08. The van der Waals surface area contributed by atoms with Crippen LogP contribution in [0, 0.1) is 6.92 Å². The van der Waals surface area contributed by atoms with Gasteiger partial charge in [-0.1, -0.05) is 5.16 Å². The van der Waals surface area contributed by atoms with Gasteiger partial charge in [0.25, 0.3) is 0 Å². The fourth-order valence-corrected chi connectivity index (χ4v) is 2.30. The normalized spacial score (nSPS) is 12.1. The third kappa shape index (κ3) is 3.75. The Labute approximate surface area is 115 Å². The van der Waals surface area contributed by atoms with Gasteiger partial charge in [-0.25, -0.2) is 0 Å². The minimum Gasteiger partial charge on any atom is -0.508 e. The minimum atomic E-state index is -0.282. The highest BCUT2D eigenvalue weighted by Crippen LogP contribution is 2.25. The van der Waals surface area contributed by atoms with Crippen molar-refractivity contribution in [3.63, 3.8) is 0 Å². The number of nitrogens with zero attached hydrogens (tertiary/aromatic N) is 1. The molecular weight excluding hydrogens is 264 g/mol. The van der Waals surface area contributed by atoms with Crippen molar-refractivity contribution in [1.82, 2.24) is 5.16 Å². The Hall–Kier alpha value is -1.95. The first kappa shape index (κ1) is 13.5. The molecule has 0 saturated heterocycles. The number of aryl methyl sites for hydroxylation is 1. The molecule has 0 saturated carbocycles. The number of nitrogens with one attached hydrogen (secondary N) is 1. The average Bonchev–Trinajstić information content (AvgIpc) is 2.77. The molecule has 19 heavy (non-hydrogen) atoms. The summed E-state index contributed by atoms with van der Waals surface area (Å²) in [5.74, 6) is 0.397. The van der Waals surface area contributed by atoms with Crippen LogP contribution in [-0.2, 0) is 4.79 Å². The molecule has 0 aliphatic rings. The number of phenols is 1. The van der Waals surface area contributed by atoms with Crippen LogP contribution in [0.3, 0.4) is 0 Å². The minimum absolute atomic E-state index is 0.158. The van der Waals surface area contributed by atoms with Crippen molar-refractivity contribution in [2.75, 3.05) is 5.32 Å². The van der Waals surface area contributed by atoms with Gasteiger partial charge in [0.05, 0.1) is 10.9 Å². The molecule has 100 valence electrons. The molecule has 2 aromatic rings. The highest BCUT2D eigenvalue weighted by atomic mass is 32.2. The topological polar surface area (TPSA) is 75.4 Å². The van der Waals surface area contributed by atoms with Crippen LogP contribution < -0.4 is 5.32 Å². The van der Waals surface area contributed by atoms with E-state index in [4.69, 9.17) is 4.52 Å². The number of aromatic nitrogens is 1. The van der Waals surface area contributed by atoms with E-state index in [9.17, 15) is 9.90 Å². The standard InChI is InChI=1S/C13H14N2O3S/c1-8-7-12(18-15-8)14-13(17)9(2)19-11-5-3-10(16)4-6-11/h3-7,9,16H,1-2H3,(H,14,17)/t9-/m0/s1. The fourth-order valence-electron chi connectivity index (χ4n) is 1.43. The molecule has 6 heteroatoms. The summed E-state index contributed by atoms with van der Waals surface area (Å²) in [5.41, 5.74) is 0.717. The molecule has 0 fully saturated rings. The second-order valence-corrected chi connectivity index (χ2v) is 5.49. The first-order valence-electron chi connectivity index (χ1n) is 5.74. The summed E-state index contributed by atoms with van der Waals surface area (Å²) in [5, 5.41) is 15.3. The van der Waals surface area contributed by atoms with Crippen LogP contribution in [0.4, 0.5) is 5.88 Å². The van der Waals surface area contributed by atoms with Crippen LogP contribution in [0.15, 0.2) is 39.8 Å². The van der Waals surface area contributed by atoms with E-state index >= 15 is 0 Å². The summed E-state index contributed by atoms with van der Waals surface area (Å²) in [4.78, 5) is 12.8. The summed E-state index contributed by atoms with van der Waals surface area (Å²) in [7, 11) is 0. The van der Waals surface area contributed by atoms with Gasteiger partial charge in [0.15, 0.2) is 0 Å². The maximum atomic E-state index is 11.9. The number of anilines is 1. The van der Waals surface area contributed by atoms with E-state index in [1.807, 2.05) is 0 Å². The third-order valence-electron chi connectivity index (χ3n) is 2.39. The molecule has 0 aliphatic carbocycles. The van der Waals surface area contributed by atoms with Crippen molar-refractivity contribution in [2.45, 2.75) is 24.0 Å². The molecule has 0 aliphatic heterocycles. The molecule has 0 radical (unpaired) electrons. The lowest BCUT2D eigenvalue weighted by atomic mass is 10.3. The van der Waals surface area contributed by atoms with Crippen LogP contribution in [0.5, 0.6) is 5.75 Å². The van der Waals surface area contributed by atoms with Gasteiger partial charge in [-0.2, -0.15) is 0 Å². The number of carbonyl (C=O) groups excluding carboxylic acids is 1. The molecule has 1 aromatic carbocycles.